The third-order valence-electron chi connectivity index (χ3n) is 3.57. The molecular formula is C18H18BrF3N4O3. The molecule has 0 saturated heterocycles. The molecular weight excluding hydrogens is 457 g/mol. The zero-order valence-electron chi connectivity index (χ0n) is 15.7. The van der Waals surface area contributed by atoms with Gasteiger partial charge in [0.05, 0.1) is 23.4 Å². The summed E-state index contributed by atoms with van der Waals surface area (Å²) in [4.78, 5) is 16.8. The zero-order chi connectivity index (χ0) is 21.6. The van der Waals surface area contributed by atoms with Crippen LogP contribution in [-0.2, 0) is 11.0 Å². The van der Waals surface area contributed by atoms with Gasteiger partial charge < -0.3 is 14.4 Å². The number of amides is 1. The van der Waals surface area contributed by atoms with Crippen molar-refractivity contribution >= 4 is 33.9 Å². The van der Waals surface area contributed by atoms with Crippen molar-refractivity contribution in [2.75, 3.05) is 33.2 Å². The SMILES string of the molecule is COc1cc(C=NNc2ccc(C(F)(F)F)cn2)cc(Br)c1OCC(=O)N(C)C. The molecule has 0 spiro atoms. The minimum Gasteiger partial charge on any atom is -0.493 e. The summed E-state index contributed by atoms with van der Waals surface area (Å²) in [6, 6.07) is 5.40. The monoisotopic (exact) mass is 474 g/mol. The van der Waals surface area contributed by atoms with Crippen molar-refractivity contribution in [1.82, 2.24) is 9.88 Å². The lowest BCUT2D eigenvalue weighted by molar-refractivity contribution is -0.137. The molecule has 156 valence electrons. The van der Waals surface area contributed by atoms with Gasteiger partial charge in [0, 0.05) is 20.3 Å². The van der Waals surface area contributed by atoms with Crippen LogP contribution in [0.2, 0.25) is 0 Å². The highest BCUT2D eigenvalue weighted by Crippen LogP contribution is 2.36. The number of likely N-dealkylation sites (N-methyl/N-ethyl adjacent to an activating group) is 1. The van der Waals surface area contributed by atoms with Gasteiger partial charge in [-0.1, -0.05) is 0 Å². The quantitative estimate of drug-likeness (QED) is 0.488. The number of hydrogen-bond acceptors (Lipinski definition) is 6. The van der Waals surface area contributed by atoms with E-state index in [-0.39, 0.29) is 18.3 Å². The Labute approximate surface area is 173 Å². The Bertz CT molecular complexity index is 887. The molecule has 1 aromatic heterocycles. The first-order valence-electron chi connectivity index (χ1n) is 8.14. The van der Waals surface area contributed by atoms with Gasteiger partial charge in [-0.3, -0.25) is 10.2 Å². The van der Waals surface area contributed by atoms with E-state index in [0.29, 0.717) is 21.5 Å². The number of alkyl halides is 3. The number of methoxy groups -OCH3 is 1. The lowest BCUT2D eigenvalue weighted by Crippen LogP contribution is -2.27. The molecule has 0 radical (unpaired) electrons. The molecule has 7 nitrogen and oxygen atoms in total. The molecule has 0 fully saturated rings. The largest absolute Gasteiger partial charge is 0.493 e. The fraction of sp³-hybridized carbons (Fsp3) is 0.278. The molecule has 0 atom stereocenters. The lowest BCUT2D eigenvalue weighted by Gasteiger charge is -2.15. The number of pyridine rings is 1. The minimum atomic E-state index is -4.45. The number of hydrogen-bond donors (Lipinski definition) is 1. The summed E-state index contributed by atoms with van der Waals surface area (Å²) in [6.07, 6.45) is -2.29. The minimum absolute atomic E-state index is 0.155. The number of nitrogens with one attached hydrogen (secondary N) is 1. The van der Waals surface area contributed by atoms with Crippen LogP contribution in [0.1, 0.15) is 11.1 Å². The second-order valence-electron chi connectivity index (χ2n) is 5.91. The standard InChI is InChI=1S/C18H18BrF3N4O3/c1-26(2)16(27)10-29-17-13(19)6-11(7-14(17)28-3)8-24-25-15-5-4-12(9-23-15)18(20,21)22/h4-9H,10H2,1-3H3,(H,23,25). The van der Waals surface area contributed by atoms with Crippen LogP contribution in [-0.4, -0.2) is 49.8 Å². The van der Waals surface area contributed by atoms with Crippen molar-refractivity contribution in [1.29, 1.82) is 0 Å². The fourth-order valence-corrected chi connectivity index (χ4v) is 2.59. The average Bonchev–Trinajstić information content (AvgIpc) is 2.66. The van der Waals surface area contributed by atoms with Crippen molar-refractivity contribution in [3.63, 3.8) is 0 Å². The smallest absolute Gasteiger partial charge is 0.417 e. The fourth-order valence-electron chi connectivity index (χ4n) is 2.02. The lowest BCUT2D eigenvalue weighted by atomic mass is 10.2. The second kappa shape index (κ2) is 9.59. The van der Waals surface area contributed by atoms with Gasteiger partial charge >= 0.3 is 6.18 Å². The van der Waals surface area contributed by atoms with Crippen LogP contribution in [0.4, 0.5) is 19.0 Å². The molecule has 0 bridgehead atoms. The summed E-state index contributed by atoms with van der Waals surface area (Å²) < 4.78 is 49.0. The summed E-state index contributed by atoms with van der Waals surface area (Å²) >= 11 is 3.36. The highest BCUT2D eigenvalue weighted by atomic mass is 79.9. The van der Waals surface area contributed by atoms with Gasteiger partial charge in [0.25, 0.3) is 5.91 Å². The van der Waals surface area contributed by atoms with Gasteiger partial charge in [0.15, 0.2) is 18.1 Å². The van der Waals surface area contributed by atoms with Gasteiger partial charge in [-0.05, 0) is 45.8 Å². The molecule has 0 aliphatic carbocycles. The number of carbonyl (C=O) groups is 1. The maximum absolute atomic E-state index is 12.5. The number of rotatable bonds is 7. The van der Waals surface area contributed by atoms with E-state index in [1.165, 1.54) is 24.3 Å². The van der Waals surface area contributed by atoms with Crippen LogP contribution in [0.3, 0.4) is 0 Å². The van der Waals surface area contributed by atoms with E-state index >= 15 is 0 Å². The summed E-state index contributed by atoms with van der Waals surface area (Å²) in [5, 5.41) is 3.95. The van der Waals surface area contributed by atoms with Crippen molar-refractivity contribution in [2.45, 2.75) is 6.18 Å². The van der Waals surface area contributed by atoms with Crippen LogP contribution in [0.25, 0.3) is 0 Å². The van der Waals surface area contributed by atoms with Crippen LogP contribution in [0.15, 0.2) is 40.0 Å². The molecule has 0 aliphatic rings. The molecule has 1 heterocycles. The molecule has 1 aromatic carbocycles. The molecule has 11 heteroatoms. The maximum Gasteiger partial charge on any atom is 0.417 e. The molecule has 2 rings (SSSR count). The van der Waals surface area contributed by atoms with Crippen molar-refractivity contribution in [3.8, 4) is 11.5 Å². The van der Waals surface area contributed by atoms with E-state index in [0.717, 1.165) is 12.3 Å². The van der Waals surface area contributed by atoms with Crippen molar-refractivity contribution < 1.29 is 27.4 Å². The zero-order valence-corrected chi connectivity index (χ0v) is 17.3. The van der Waals surface area contributed by atoms with E-state index in [9.17, 15) is 18.0 Å². The van der Waals surface area contributed by atoms with E-state index < -0.39 is 11.7 Å². The topological polar surface area (TPSA) is 76.0 Å². The Kier molecular flexibility index (Phi) is 7.43. The van der Waals surface area contributed by atoms with E-state index in [1.807, 2.05) is 0 Å². The predicted molar refractivity (Wildman–Crippen MR) is 105 cm³/mol. The first-order chi connectivity index (χ1) is 13.6. The maximum atomic E-state index is 12.5. The van der Waals surface area contributed by atoms with Crippen LogP contribution < -0.4 is 14.9 Å². The number of aromatic nitrogens is 1. The normalized spacial score (nSPS) is 11.4. The van der Waals surface area contributed by atoms with Crippen molar-refractivity contribution in [2.24, 2.45) is 5.10 Å². The third-order valence-corrected chi connectivity index (χ3v) is 4.16. The number of carbonyl (C=O) groups excluding carboxylic acids is 1. The summed E-state index contributed by atoms with van der Waals surface area (Å²) in [5.41, 5.74) is 2.32. The molecule has 1 amide bonds. The number of halogens is 4. The highest BCUT2D eigenvalue weighted by Gasteiger charge is 2.30. The Morgan fingerprint density at radius 3 is 2.62 bits per heavy atom. The number of ether oxygens (including phenoxy) is 2. The summed E-state index contributed by atoms with van der Waals surface area (Å²) in [7, 11) is 4.69. The van der Waals surface area contributed by atoms with Gasteiger partial charge in [-0.2, -0.15) is 18.3 Å². The van der Waals surface area contributed by atoms with Crippen molar-refractivity contribution in [3.05, 3.63) is 46.1 Å². The van der Waals surface area contributed by atoms with Crippen LogP contribution >= 0.6 is 15.9 Å². The van der Waals surface area contributed by atoms with E-state index in [4.69, 9.17) is 9.47 Å². The first kappa shape index (κ1) is 22.5. The van der Waals surface area contributed by atoms with Gasteiger partial charge in [0.1, 0.15) is 5.82 Å². The van der Waals surface area contributed by atoms with E-state index in [2.05, 4.69) is 31.4 Å². The average molecular weight is 475 g/mol. The highest BCUT2D eigenvalue weighted by molar-refractivity contribution is 9.10. The number of benzene rings is 1. The molecule has 0 unspecified atom stereocenters. The molecule has 2 aromatic rings. The molecule has 1 N–H and O–H groups in total. The molecule has 0 saturated carbocycles. The van der Waals surface area contributed by atoms with Gasteiger partial charge in [-0.15, -0.1) is 0 Å². The summed E-state index contributed by atoms with van der Waals surface area (Å²) in [6.45, 7) is -0.156. The number of nitrogens with zero attached hydrogens (tertiary/aromatic N) is 3. The summed E-state index contributed by atoms with van der Waals surface area (Å²) in [5.74, 6) is 0.678. The predicted octanol–water partition coefficient (Wildman–Crippen LogP) is 3.78. The number of hydrazone groups is 1. The second-order valence-corrected chi connectivity index (χ2v) is 6.77. The molecule has 0 aliphatic heterocycles. The number of anilines is 1. The Hall–Kier alpha value is -2.82. The Morgan fingerprint density at radius 2 is 2.07 bits per heavy atom. The Balaban J connectivity index is 2.09. The Morgan fingerprint density at radius 1 is 1.34 bits per heavy atom. The van der Waals surface area contributed by atoms with Crippen LogP contribution in [0, 0.1) is 0 Å². The van der Waals surface area contributed by atoms with Gasteiger partial charge in [-0.25, -0.2) is 4.98 Å². The molecule has 29 heavy (non-hydrogen) atoms. The van der Waals surface area contributed by atoms with Gasteiger partial charge in [0.2, 0.25) is 0 Å². The first-order valence-corrected chi connectivity index (χ1v) is 8.94. The van der Waals surface area contributed by atoms with E-state index in [1.54, 1.807) is 26.2 Å². The van der Waals surface area contributed by atoms with Crippen LogP contribution in [0.5, 0.6) is 11.5 Å². The third kappa shape index (κ3) is 6.34.